The first-order valence-electron chi connectivity index (χ1n) is 10.9. The van der Waals surface area contributed by atoms with E-state index in [2.05, 4.69) is 26.8 Å². The number of ether oxygens (including phenoxy) is 3. The van der Waals surface area contributed by atoms with Crippen molar-refractivity contribution < 1.29 is 24.1 Å². The average molecular weight is 395 g/mol. The van der Waals surface area contributed by atoms with E-state index in [1.807, 2.05) is 0 Å². The van der Waals surface area contributed by atoms with Crippen LogP contribution >= 0.6 is 0 Å². The van der Waals surface area contributed by atoms with Crippen LogP contribution in [0.15, 0.2) is 11.6 Å². The molecule has 0 aromatic carbocycles. The molecule has 0 spiro atoms. The van der Waals surface area contributed by atoms with Crippen molar-refractivity contribution in [2.24, 2.45) is 28.6 Å². The minimum Gasteiger partial charge on any atom is -0.461 e. The van der Waals surface area contributed by atoms with Crippen molar-refractivity contribution >= 4 is 5.97 Å². The Balaban J connectivity index is 1.78. The maximum absolute atomic E-state index is 11.4. The van der Waals surface area contributed by atoms with Crippen LogP contribution in [0, 0.1) is 28.6 Å². The maximum Gasteiger partial charge on any atom is 0.302 e. The minimum absolute atomic E-state index is 0.0489. The number of esters is 1. The normalized spacial score (nSPS) is 43.4. The molecule has 3 aliphatic rings. The molecule has 0 amide bonds. The van der Waals surface area contributed by atoms with Gasteiger partial charge in [0.05, 0.1) is 12.7 Å². The van der Waals surface area contributed by atoms with Gasteiger partial charge in [0.2, 0.25) is 0 Å². The lowest BCUT2D eigenvalue weighted by Crippen LogP contribution is -2.55. The number of allylic oxidation sites excluding steroid dienone is 1. The van der Waals surface area contributed by atoms with Crippen molar-refractivity contribution in [3.63, 3.8) is 0 Å². The third-order valence-corrected chi connectivity index (χ3v) is 8.22. The van der Waals surface area contributed by atoms with E-state index in [-0.39, 0.29) is 35.1 Å². The van der Waals surface area contributed by atoms with Gasteiger partial charge in [-0.25, -0.2) is 0 Å². The van der Waals surface area contributed by atoms with Gasteiger partial charge in [0.1, 0.15) is 6.61 Å². The van der Waals surface area contributed by atoms with Gasteiger partial charge in [-0.2, -0.15) is 0 Å². The van der Waals surface area contributed by atoms with Gasteiger partial charge in [0.15, 0.2) is 6.29 Å². The smallest absolute Gasteiger partial charge is 0.302 e. The summed E-state index contributed by atoms with van der Waals surface area (Å²) in [6.45, 7) is 9.45. The van der Waals surface area contributed by atoms with Crippen molar-refractivity contribution in [1.29, 1.82) is 0 Å². The summed E-state index contributed by atoms with van der Waals surface area (Å²) in [6.07, 6.45) is 7.89. The quantitative estimate of drug-likeness (QED) is 0.543. The minimum atomic E-state index is -0.336. The molecule has 7 atom stereocenters. The number of hydrogen-bond acceptors (Lipinski definition) is 5. The number of rotatable bonds is 6. The standard InChI is InChI=1S/C23H38O5/c1-15-19(25)12-23(4)18(14-27-16(2)24)7-6-8-20(23)22(15,3)10-9-17-11-21(26-5)28-13-17/h7,15,17,19-21,25H,6,8-14H2,1-5H3/t15-,17-,19-,20-,21-,22+,23+/m1/s1. The highest BCUT2D eigenvalue weighted by molar-refractivity contribution is 5.66. The van der Waals surface area contributed by atoms with E-state index in [9.17, 15) is 9.90 Å². The molecule has 28 heavy (non-hydrogen) atoms. The Labute approximate surface area is 169 Å². The number of carbonyl (C=O) groups is 1. The van der Waals surface area contributed by atoms with Gasteiger partial charge in [-0.3, -0.25) is 4.79 Å². The Hall–Kier alpha value is -0.910. The van der Waals surface area contributed by atoms with E-state index in [0.717, 1.165) is 45.1 Å². The number of methoxy groups -OCH3 is 1. The van der Waals surface area contributed by atoms with Gasteiger partial charge in [-0.1, -0.05) is 26.8 Å². The monoisotopic (exact) mass is 394 g/mol. The Kier molecular flexibility index (Phi) is 6.58. The molecule has 2 fully saturated rings. The SMILES string of the molecule is CO[C@H]1C[C@@H](CC[C@@]2(C)[C@H](C)[C@H](O)C[C@@]3(C)C(COC(C)=O)=CCC[C@H]23)CO1. The largest absolute Gasteiger partial charge is 0.461 e. The van der Waals surface area contributed by atoms with Gasteiger partial charge in [-0.05, 0) is 66.3 Å². The van der Waals surface area contributed by atoms with Gasteiger partial charge in [0.25, 0.3) is 0 Å². The van der Waals surface area contributed by atoms with E-state index in [1.54, 1.807) is 7.11 Å². The summed E-state index contributed by atoms with van der Waals surface area (Å²) in [6, 6.07) is 0. The zero-order valence-electron chi connectivity index (χ0n) is 18.2. The first-order chi connectivity index (χ1) is 13.2. The molecule has 0 unspecified atom stereocenters. The van der Waals surface area contributed by atoms with E-state index >= 15 is 0 Å². The van der Waals surface area contributed by atoms with Crippen molar-refractivity contribution in [1.82, 2.24) is 0 Å². The van der Waals surface area contributed by atoms with E-state index < -0.39 is 0 Å². The van der Waals surface area contributed by atoms with Crippen LogP contribution in [0.5, 0.6) is 0 Å². The van der Waals surface area contributed by atoms with Crippen molar-refractivity contribution in [3.05, 3.63) is 11.6 Å². The Morgan fingerprint density at radius 2 is 2.14 bits per heavy atom. The molecule has 0 aromatic heterocycles. The molecule has 1 saturated heterocycles. The van der Waals surface area contributed by atoms with E-state index in [0.29, 0.717) is 18.4 Å². The van der Waals surface area contributed by atoms with Crippen molar-refractivity contribution in [2.45, 2.75) is 78.6 Å². The second kappa shape index (κ2) is 8.45. The number of aliphatic hydroxyl groups excluding tert-OH is 1. The lowest BCUT2D eigenvalue weighted by Gasteiger charge is -2.59. The molecule has 5 heteroatoms. The topological polar surface area (TPSA) is 65.0 Å². The van der Waals surface area contributed by atoms with Crippen molar-refractivity contribution in [2.75, 3.05) is 20.3 Å². The Bertz CT molecular complexity index is 602. The first kappa shape index (κ1) is 21.8. The number of aliphatic hydroxyl groups is 1. The molecule has 3 rings (SSSR count). The molecule has 5 nitrogen and oxygen atoms in total. The van der Waals surface area contributed by atoms with Gasteiger partial charge in [0, 0.05) is 20.5 Å². The molecule has 0 bridgehead atoms. The molecule has 1 aliphatic heterocycles. The third kappa shape index (κ3) is 4.03. The summed E-state index contributed by atoms with van der Waals surface area (Å²) in [5.74, 6) is 1.01. The number of carbonyl (C=O) groups excluding carboxylic acids is 1. The van der Waals surface area contributed by atoms with Gasteiger partial charge < -0.3 is 19.3 Å². The molecule has 160 valence electrons. The van der Waals surface area contributed by atoms with Crippen LogP contribution in [0.2, 0.25) is 0 Å². The molecular formula is C23H38O5. The zero-order valence-corrected chi connectivity index (χ0v) is 18.2. The van der Waals surface area contributed by atoms with E-state index in [4.69, 9.17) is 14.2 Å². The van der Waals surface area contributed by atoms with Crippen LogP contribution in [0.1, 0.15) is 66.2 Å². The summed E-state index contributed by atoms with van der Waals surface area (Å²) in [4.78, 5) is 11.4. The van der Waals surface area contributed by atoms with Crippen LogP contribution in [-0.2, 0) is 19.0 Å². The lowest BCUT2D eigenvalue weighted by atomic mass is 9.46. The van der Waals surface area contributed by atoms with Crippen LogP contribution < -0.4 is 0 Å². The predicted octanol–water partition coefficient (Wildman–Crippen LogP) is 4.09. The molecule has 2 aliphatic carbocycles. The van der Waals surface area contributed by atoms with Gasteiger partial charge in [-0.15, -0.1) is 0 Å². The maximum atomic E-state index is 11.4. The molecule has 0 aromatic rings. The van der Waals surface area contributed by atoms with Gasteiger partial charge >= 0.3 is 5.97 Å². The fourth-order valence-electron chi connectivity index (χ4n) is 6.24. The van der Waals surface area contributed by atoms with Crippen LogP contribution in [0.25, 0.3) is 0 Å². The summed E-state index contributed by atoms with van der Waals surface area (Å²) >= 11 is 0. The summed E-state index contributed by atoms with van der Waals surface area (Å²) in [5.41, 5.74) is 1.13. The fraction of sp³-hybridized carbons (Fsp3) is 0.870. The summed E-state index contributed by atoms with van der Waals surface area (Å²) < 4.78 is 16.4. The number of hydrogen-bond donors (Lipinski definition) is 1. The van der Waals surface area contributed by atoms with Crippen LogP contribution in [-0.4, -0.2) is 43.8 Å². The molecule has 1 saturated carbocycles. The van der Waals surface area contributed by atoms with Crippen molar-refractivity contribution in [3.8, 4) is 0 Å². The molecule has 1 heterocycles. The lowest BCUT2D eigenvalue weighted by molar-refractivity contribution is -0.142. The molecule has 1 N–H and O–H groups in total. The molecular weight excluding hydrogens is 356 g/mol. The highest BCUT2D eigenvalue weighted by Gasteiger charge is 2.57. The first-order valence-corrected chi connectivity index (χ1v) is 10.9. The van der Waals surface area contributed by atoms with Crippen LogP contribution in [0.4, 0.5) is 0 Å². The Morgan fingerprint density at radius 3 is 2.79 bits per heavy atom. The average Bonchev–Trinajstić information content (AvgIpc) is 3.11. The van der Waals surface area contributed by atoms with E-state index in [1.165, 1.54) is 12.5 Å². The molecule has 0 radical (unpaired) electrons. The second-order valence-corrected chi connectivity index (χ2v) is 9.76. The third-order valence-electron chi connectivity index (χ3n) is 8.22. The fourth-order valence-corrected chi connectivity index (χ4v) is 6.24. The zero-order chi connectivity index (χ0) is 20.5. The summed E-state index contributed by atoms with van der Waals surface area (Å²) in [5, 5.41) is 11.0. The number of fused-ring (bicyclic) bond motifs is 1. The summed E-state index contributed by atoms with van der Waals surface area (Å²) in [7, 11) is 1.71. The Morgan fingerprint density at radius 1 is 1.39 bits per heavy atom. The highest BCUT2D eigenvalue weighted by atomic mass is 16.7. The highest BCUT2D eigenvalue weighted by Crippen LogP contribution is 2.62. The second-order valence-electron chi connectivity index (χ2n) is 9.76. The van der Waals surface area contributed by atoms with Crippen LogP contribution in [0.3, 0.4) is 0 Å². The predicted molar refractivity (Wildman–Crippen MR) is 108 cm³/mol.